The largest absolute Gasteiger partial charge is 0.368 e. The normalized spacial score (nSPS) is 10.3. The van der Waals surface area contributed by atoms with Gasteiger partial charge in [-0.05, 0) is 6.92 Å². The molecule has 0 radical (unpaired) electrons. The van der Waals surface area contributed by atoms with Gasteiger partial charge < -0.3 is 15.5 Å². The van der Waals surface area contributed by atoms with Crippen LogP contribution in [0.3, 0.4) is 0 Å². The third-order valence-electron chi connectivity index (χ3n) is 2.81. The van der Waals surface area contributed by atoms with E-state index in [0.717, 1.165) is 11.6 Å². The molecule has 0 aliphatic carbocycles. The first-order valence-electron chi connectivity index (χ1n) is 6.90. The summed E-state index contributed by atoms with van der Waals surface area (Å²) in [7, 11) is 3.85. The summed E-state index contributed by atoms with van der Waals surface area (Å²) < 4.78 is 1.47. The molecule has 0 aliphatic heterocycles. The monoisotopic (exact) mass is 304 g/mol. The van der Waals surface area contributed by atoms with Crippen molar-refractivity contribution < 1.29 is 4.79 Å². The summed E-state index contributed by atoms with van der Waals surface area (Å²) in [4.78, 5) is 26.0. The zero-order valence-corrected chi connectivity index (χ0v) is 12.9. The number of aryl methyl sites for hydroxylation is 1. The first kappa shape index (κ1) is 15.7. The molecule has 2 aromatic heterocycles. The summed E-state index contributed by atoms with van der Waals surface area (Å²) in [5, 5.41) is 9.84. The SMILES string of the molecule is Cc1nc(NCCNC(=O)Cn2cncn2)cc(N(C)C)n1. The molecule has 0 spiro atoms. The van der Waals surface area contributed by atoms with Gasteiger partial charge in [0.2, 0.25) is 5.91 Å². The molecule has 2 rings (SSSR count). The maximum Gasteiger partial charge on any atom is 0.241 e. The number of nitrogens with one attached hydrogen (secondary N) is 2. The number of anilines is 2. The van der Waals surface area contributed by atoms with Gasteiger partial charge in [0, 0.05) is 33.3 Å². The van der Waals surface area contributed by atoms with E-state index >= 15 is 0 Å². The van der Waals surface area contributed by atoms with Crippen LogP contribution in [0.4, 0.5) is 11.6 Å². The predicted molar refractivity (Wildman–Crippen MR) is 82.6 cm³/mol. The lowest BCUT2D eigenvalue weighted by atomic mass is 10.4. The Morgan fingerprint density at radius 1 is 1.32 bits per heavy atom. The number of hydrogen-bond donors (Lipinski definition) is 2. The van der Waals surface area contributed by atoms with E-state index in [-0.39, 0.29) is 12.5 Å². The summed E-state index contributed by atoms with van der Waals surface area (Å²) in [6, 6.07) is 1.87. The van der Waals surface area contributed by atoms with Crippen molar-refractivity contribution >= 4 is 17.5 Å². The second-order valence-corrected chi connectivity index (χ2v) is 4.92. The van der Waals surface area contributed by atoms with E-state index < -0.39 is 0 Å². The number of aromatic nitrogens is 5. The van der Waals surface area contributed by atoms with E-state index in [1.165, 1.54) is 17.3 Å². The Kier molecular flexibility index (Phi) is 5.23. The quantitative estimate of drug-likeness (QED) is 0.675. The van der Waals surface area contributed by atoms with E-state index in [2.05, 4.69) is 30.7 Å². The Labute approximate surface area is 128 Å². The molecule has 0 unspecified atom stereocenters. The van der Waals surface area contributed by atoms with Crippen molar-refractivity contribution in [2.24, 2.45) is 0 Å². The number of rotatable bonds is 7. The van der Waals surface area contributed by atoms with Gasteiger partial charge >= 0.3 is 0 Å². The molecule has 0 saturated carbocycles. The second kappa shape index (κ2) is 7.34. The van der Waals surface area contributed by atoms with Crippen molar-refractivity contribution in [2.75, 3.05) is 37.4 Å². The molecule has 9 nitrogen and oxygen atoms in total. The molecule has 9 heteroatoms. The van der Waals surface area contributed by atoms with Crippen LogP contribution in [-0.4, -0.2) is 57.8 Å². The molecular weight excluding hydrogens is 284 g/mol. The van der Waals surface area contributed by atoms with Crippen molar-refractivity contribution in [1.82, 2.24) is 30.0 Å². The fraction of sp³-hybridized carbons (Fsp3) is 0.462. The Hall–Kier alpha value is -2.71. The van der Waals surface area contributed by atoms with Crippen LogP contribution < -0.4 is 15.5 Å². The number of hydrogen-bond acceptors (Lipinski definition) is 7. The van der Waals surface area contributed by atoms with Gasteiger partial charge in [-0.25, -0.2) is 19.6 Å². The molecule has 0 aromatic carbocycles. The molecule has 0 fully saturated rings. The molecule has 1 amide bonds. The van der Waals surface area contributed by atoms with Gasteiger partial charge in [-0.2, -0.15) is 5.10 Å². The van der Waals surface area contributed by atoms with E-state index in [1.54, 1.807) is 0 Å². The standard InChI is InChI=1S/C13H20N8O/c1-10-18-11(6-12(19-10)20(2)3)15-4-5-16-13(22)7-21-9-14-8-17-21/h6,8-9H,4-5,7H2,1-3H3,(H,16,22)(H,15,18,19). The lowest BCUT2D eigenvalue weighted by Crippen LogP contribution is -2.32. The van der Waals surface area contributed by atoms with E-state index in [4.69, 9.17) is 0 Å². The summed E-state index contributed by atoms with van der Waals surface area (Å²) in [5.74, 6) is 2.16. The fourth-order valence-electron chi connectivity index (χ4n) is 1.78. The van der Waals surface area contributed by atoms with E-state index in [0.29, 0.717) is 18.9 Å². The first-order chi connectivity index (χ1) is 10.5. The van der Waals surface area contributed by atoms with Crippen molar-refractivity contribution in [3.05, 3.63) is 24.5 Å². The summed E-state index contributed by atoms with van der Waals surface area (Å²) >= 11 is 0. The third-order valence-corrected chi connectivity index (χ3v) is 2.81. The summed E-state index contributed by atoms with van der Waals surface area (Å²) in [6.45, 7) is 3.08. The number of nitrogens with zero attached hydrogens (tertiary/aromatic N) is 6. The predicted octanol–water partition coefficient (Wildman–Crippen LogP) is -0.329. The molecule has 0 aliphatic rings. The Bertz CT molecular complexity index is 611. The Morgan fingerprint density at radius 3 is 2.82 bits per heavy atom. The maximum absolute atomic E-state index is 11.7. The maximum atomic E-state index is 11.7. The van der Waals surface area contributed by atoms with Crippen LogP contribution in [0.1, 0.15) is 5.82 Å². The minimum atomic E-state index is -0.111. The van der Waals surface area contributed by atoms with Crippen LogP contribution in [0.15, 0.2) is 18.7 Å². The topological polar surface area (TPSA) is 101 Å². The molecular formula is C13H20N8O. The molecule has 22 heavy (non-hydrogen) atoms. The zero-order chi connectivity index (χ0) is 15.9. The highest BCUT2D eigenvalue weighted by Crippen LogP contribution is 2.12. The van der Waals surface area contributed by atoms with Gasteiger partial charge in [0.05, 0.1) is 0 Å². The average molecular weight is 304 g/mol. The van der Waals surface area contributed by atoms with Crippen LogP contribution in [0.2, 0.25) is 0 Å². The van der Waals surface area contributed by atoms with Crippen LogP contribution >= 0.6 is 0 Å². The molecule has 0 atom stereocenters. The fourth-order valence-corrected chi connectivity index (χ4v) is 1.78. The second-order valence-electron chi connectivity index (χ2n) is 4.92. The zero-order valence-electron chi connectivity index (χ0n) is 12.9. The van der Waals surface area contributed by atoms with Gasteiger partial charge in [-0.1, -0.05) is 0 Å². The summed E-state index contributed by atoms with van der Waals surface area (Å²) in [6.07, 6.45) is 2.90. The molecule has 0 bridgehead atoms. The van der Waals surface area contributed by atoms with Crippen LogP contribution in [0.5, 0.6) is 0 Å². The van der Waals surface area contributed by atoms with E-state index in [9.17, 15) is 4.79 Å². The van der Waals surface area contributed by atoms with Gasteiger partial charge in [-0.15, -0.1) is 0 Å². The van der Waals surface area contributed by atoms with Gasteiger partial charge in [0.1, 0.15) is 36.7 Å². The molecule has 0 saturated heterocycles. The molecule has 118 valence electrons. The smallest absolute Gasteiger partial charge is 0.241 e. The lowest BCUT2D eigenvalue weighted by molar-refractivity contribution is -0.121. The van der Waals surface area contributed by atoms with Gasteiger partial charge in [-0.3, -0.25) is 4.79 Å². The first-order valence-corrected chi connectivity index (χ1v) is 6.90. The molecule has 2 N–H and O–H groups in total. The van der Waals surface area contributed by atoms with Crippen LogP contribution in [0, 0.1) is 6.92 Å². The minimum absolute atomic E-state index is 0.111. The lowest BCUT2D eigenvalue weighted by Gasteiger charge is -2.14. The Balaban J connectivity index is 1.75. The molecule has 2 heterocycles. The van der Waals surface area contributed by atoms with Crippen molar-refractivity contribution in [3.8, 4) is 0 Å². The van der Waals surface area contributed by atoms with Crippen molar-refractivity contribution in [1.29, 1.82) is 0 Å². The minimum Gasteiger partial charge on any atom is -0.368 e. The average Bonchev–Trinajstić information content (AvgIpc) is 2.96. The van der Waals surface area contributed by atoms with Gasteiger partial charge in [0.15, 0.2) is 0 Å². The van der Waals surface area contributed by atoms with E-state index in [1.807, 2.05) is 32.0 Å². The third kappa shape index (κ3) is 4.69. The summed E-state index contributed by atoms with van der Waals surface area (Å²) in [5.41, 5.74) is 0. The van der Waals surface area contributed by atoms with Crippen molar-refractivity contribution in [2.45, 2.75) is 13.5 Å². The number of carbonyl (C=O) groups is 1. The van der Waals surface area contributed by atoms with Crippen molar-refractivity contribution in [3.63, 3.8) is 0 Å². The highest BCUT2D eigenvalue weighted by Gasteiger charge is 2.04. The van der Waals surface area contributed by atoms with Gasteiger partial charge in [0.25, 0.3) is 0 Å². The highest BCUT2D eigenvalue weighted by molar-refractivity contribution is 5.75. The Morgan fingerprint density at radius 2 is 2.14 bits per heavy atom. The number of carbonyl (C=O) groups excluding carboxylic acids is 1. The molecule has 2 aromatic rings. The highest BCUT2D eigenvalue weighted by atomic mass is 16.2. The van der Waals surface area contributed by atoms with Crippen LogP contribution in [-0.2, 0) is 11.3 Å². The number of amides is 1. The van der Waals surface area contributed by atoms with Crippen LogP contribution in [0.25, 0.3) is 0 Å².